The number of rotatable bonds is 3. The zero-order chi connectivity index (χ0) is 7.28. The lowest BCUT2D eigenvalue weighted by atomic mass is 10.2. The van der Waals surface area contributed by atoms with E-state index in [0.29, 0.717) is 13.0 Å². The lowest BCUT2D eigenvalue weighted by Gasteiger charge is -1.96. The molecule has 0 aliphatic rings. The lowest BCUT2D eigenvalue weighted by Crippen LogP contribution is -1.89. The van der Waals surface area contributed by atoms with Gasteiger partial charge in [0.05, 0.1) is 6.61 Å². The van der Waals surface area contributed by atoms with E-state index in [1.165, 1.54) is 14.0 Å². The SMILES string of the molecule is COCCC(C)=C(F)F. The predicted molar refractivity (Wildman–Crippen MR) is 31.4 cm³/mol. The van der Waals surface area contributed by atoms with Crippen molar-refractivity contribution in [2.45, 2.75) is 13.3 Å². The Morgan fingerprint density at radius 2 is 2.00 bits per heavy atom. The Bertz CT molecular complexity index is 106. The molecular weight excluding hydrogens is 126 g/mol. The third-order valence-corrected chi connectivity index (χ3v) is 1.00. The number of hydrogen-bond acceptors (Lipinski definition) is 1. The van der Waals surface area contributed by atoms with Crippen molar-refractivity contribution in [2.24, 2.45) is 0 Å². The molecule has 0 N–H and O–H groups in total. The van der Waals surface area contributed by atoms with Crippen LogP contribution in [0.2, 0.25) is 0 Å². The summed E-state index contributed by atoms with van der Waals surface area (Å²) in [6.45, 7) is 1.76. The summed E-state index contributed by atoms with van der Waals surface area (Å²) >= 11 is 0. The van der Waals surface area contributed by atoms with E-state index in [9.17, 15) is 8.78 Å². The maximum absolute atomic E-state index is 11.6. The monoisotopic (exact) mass is 136 g/mol. The van der Waals surface area contributed by atoms with Gasteiger partial charge in [-0.05, 0) is 18.9 Å². The van der Waals surface area contributed by atoms with Crippen LogP contribution in [0.1, 0.15) is 13.3 Å². The molecule has 0 heterocycles. The van der Waals surface area contributed by atoms with Crippen molar-refractivity contribution in [2.75, 3.05) is 13.7 Å². The molecule has 0 saturated heterocycles. The molecule has 0 aliphatic heterocycles. The molecule has 9 heavy (non-hydrogen) atoms. The van der Waals surface area contributed by atoms with Gasteiger partial charge in [-0.3, -0.25) is 0 Å². The van der Waals surface area contributed by atoms with E-state index in [0.717, 1.165) is 0 Å². The summed E-state index contributed by atoms with van der Waals surface area (Å²) in [7, 11) is 1.49. The summed E-state index contributed by atoms with van der Waals surface area (Å²) in [6, 6.07) is 0. The molecule has 0 atom stereocenters. The minimum absolute atomic E-state index is 0.108. The second-order valence-electron chi connectivity index (χ2n) is 1.78. The first-order valence-corrected chi connectivity index (χ1v) is 2.68. The van der Waals surface area contributed by atoms with Gasteiger partial charge in [-0.25, -0.2) is 0 Å². The maximum atomic E-state index is 11.6. The average molecular weight is 136 g/mol. The molecule has 0 amide bonds. The fourth-order valence-corrected chi connectivity index (χ4v) is 0.350. The molecule has 0 spiro atoms. The van der Waals surface area contributed by atoms with E-state index in [4.69, 9.17) is 0 Å². The molecular formula is C6H10F2O. The zero-order valence-electron chi connectivity index (χ0n) is 5.58. The largest absolute Gasteiger partial charge is 0.384 e. The Morgan fingerprint density at radius 1 is 1.44 bits per heavy atom. The maximum Gasteiger partial charge on any atom is 0.269 e. The molecule has 54 valence electrons. The quantitative estimate of drug-likeness (QED) is 0.577. The topological polar surface area (TPSA) is 9.23 Å². The zero-order valence-corrected chi connectivity index (χ0v) is 5.58. The van der Waals surface area contributed by atoms with Gasteiger partial charge in [-0.1, -0.05) is 0 Å². The first-order chi connectivity index (χ1) is 4.18. The average Bonchev–Trinajstić information content (AvgIpc) is 1.82. The van der Waals surface area contributed by atoms with Crippen LogP contribution in [0.25, 0.3) is 0 Å². The van der Waals surface area contributed by atoms with Crippen LogP contribution in [0.15, 0.2) is 11.7 Å². The summed E-state index contributed by atoms with van der Waals surface area (Å²) in [5, 5.41) is 0. The summed E-state index contributed by atoms with van der Waals surface area (Å²) in [5.74, 6) is 0. The predicted octanol–water partition coefficient (Wildman–Crippen LogP) is 2.19. The fourth-order valence-electron chi connectivity index (χ4n) is 0.350. The second-order valence-corrected chi connectivity index (χ2v) is 1.78. The van der Waals surface area contributed by atoms with E-state index in [-0.39, 0.29) is 5.57 Å². The van der Waals surface area contributed by atoms with Crippen molar-refractivity contribution in [1.29, 1.82) is 0 Å². The molecule has 0 saturated carbocycles. The van der Waals surface area contributed by atoms with Gasteiger partial charge in [-0.2, -0.15) is 8.78 Å². The Hall–Kier alpha value is -0.440. The van der Waals surface area contributed by atoms with Crippen LogP contribution in [0.5, 0.6) is 0 Å². The molecule has 3 heteroatoms. The first kappa shape index (κ1) is 8.56. The number of methoxy groups -OCH3 is 1. The third-order valence-electron chi connectivity index (χ3n) is 1.00. The van der Waals surface area contributed by atoms with Crippen LogP contribution >= 0.6 is 0 Å². The highest BCUT2D eigenvalue weighted by molar-refractivity contribution is 4.97. The molecule has 0 aromatic heterocycles. The van der Waals surface area contributed by atoms with Crippen LogP contribution in [0, 0.1) is 0 Å². The number of halogens is 2. The molecule has 0 rings (SSSR count). The molecule has 0 fully saturated rings. The molecule has 0 aromatic rings. The van der Waals surface area contributed by atoms with E-state index in [1.54, 1.807) is 0 Å². The van der Waals surface area contributed by atoms with Crippen LogP contribution in [-0.4, -0.2) is 13.7 Å². The van der Waals surface area contributed by atoms with Gasteiger partial charge >= 0.3 is 0 Å². The Morgan fingerprint density at radius 3 is 2.33 bits per heavy atom. The summed E-state index contributed by atoms with van der Waals surface area (Å²) < 4.78 is 27.7. The summed E-state index contributed by atoms with van der Waals surface area (Å²) in [5.41, 5.74) is 0.108. The normalized spacial score (nSPS) is 9.33. The highest BCUT2D eigenvalue weighted by Gasteiger charge is 1.97. The molecule has 0 aromatic carbocycles. The van der Waals surface area contributed by atoms with Gasteiger partial charge in [0.15, 0.2) is 0 Å². The molecule has 0 aliphatic carbocycles. The number of ether oxygens (including phenoxy) is 1. The van der Waals surface area contributed by atoms with Gasteiger partial charge < -0.3 is 4.74 Å². The Balaban J connectivity index is 3.50. The van der Waals surface area contributed by atoms with Crippen LogP contribution in [-0.2, 0) is 4.74 Å². The smallest absolute Gasteiger partial charge is 0.269 e. The summed E-state index contributed by atoms with van der Waals surface area (Å²) in [6.07, 6.45) is -1.27. The van der Waals surface area contributed by atoms with Gasteiger partial charge in [0.1, 0.15) is 0 Å². The highest BCUT2D eigenvalue weighted by Crippen LogP contribution is 2.09. The Labute approximate surface area is 53.3 Å². The molecule has 0 radical (unpaired) electrons. The Kier molecular flexibility index (Phi) is 4.22. The van der Waals surface area contributed by atoms with Crippen LogP contribution < -0.4 is 0 Å². The number of hydrogen-bond donors (Lipinski definition) is 0. The van der Waals surface area contributed by atoms with Gasteiger partial charge in [0, 0.05) is 7.11 Å². The first-order valence-electron chi connectivity index (χ1n) is 2.68. The van der Waals surface area contributed by atoms with Crippen molar-refractivity contribution < 1.29 is 13.5 Å². The second kappa shape index (κ2) is 4.44. The van der Waals surface area contributed by atoms with Gasteiger partial charge in [-0.15, -0.1) is 0 Å². The van der Waals surface area contributed by atoms with E-state index in [1.807, 2.05) is 0 Å². The lowest BCUT2D eigenvalue weighted by molar-refractivity contribution is 0.200. The molecule has 0 unspecified atom stereocenters. The molecule has 0 bridgehead atoms. The van der Waals surface area contributed by atoms with Crippen molar-refractivity contribution in [3.05, 3.63) is 11.7 Å². The van der Waals surface area contributed by atoms with Crippen molar-refractivity contribution in [1.82, 2.24) is 0 Å². The van der Waals surface area contributed by atoms with E-state index < -0.39 is 6.08 Å². The van der Waals surface area contributed by atoms with Crippen molar-refractivity contribution >= 4 is 0 Å². The van der Waals surface area contributed by atoms with Crippen molar-refractivity contribution in [3.63, 3.8) is 0 Å². The summed E-state index contributed by atoms with van der Waals surface area (Å²) in [4.78, 5) is 0. The van der Waals surface area contributed by atoms with Crippen LogP contribution in [0.3, 0.4) is 0 Å². The van der Waals surface area contributed by atoms with Gasteiger partial charge in [0.25, 0.3) is 6.08 Å². The van der Waals surface area contributed by atoms with E-state index >= 15 is 0 Å². The van der Waals surface area contributed by atoms with Gasteiger partial charge in [0.2, 0.25) is 0 Å². The minimum atomic E-state index is -1.59. The standard InChI is InChI=1S/C6H10F2O/c1-5(6(7)8)3-4-9-2/h3-4H2,1-2H3. The minimum Gasteiger partial charge on any atom is -0.384 e. The highest BCUT2D eigenvalue weighted by atomic mass is 19.3. The van der Waals surface area contributed by atoms with Crippen molar-refractivity contribution in [3.8, 4) is 0 Å². The fraction of sp³-hybridized carbons (Fsp3) is 0.667. The molecule has 1 nitrogen and oxygen atoms in total. The van der Waals surface area contributed by atoms with Crippen LogP contribution in [0.4, 0.5) is 8.78 Å². The van der Waals surface area contributed by atoms with E-state index in [2.05, 4.69) is 4.74 Å². The third kappa shape index (κ3) is 4.09.